The first kappa shape index (κ1) is 21.1. The fraction of sp³-hybridized carbons (Fsp3) is 0.364. The molecular formula is C22H24ClN5O3. The molecular weight excluding hydrogens is 418 g/mol. The molecule has 4 rings (SSSR count). The Labute approximate surface area is 185 Å². The van der Waals surface area contributed by atoms with E-state index < -0.39 is 5.92 Å². The molecule has 2 aliphatic heterocycles. The number of nitrogens with zero attached hydrogens (tertiary/aromatic N) is 3. The maximum absolute atomic E-state index is 12.7. The zero-order valence-electron chi connectivity index (χ0n) is 17.0. The van der Waals surface area contributed by atoms with E-state index in [2.05, 4.69) is 10.3 Å². The van der Waals surface area contributed by atoms with Crippen LogP contribution in [0.4, 0.5) is 17.2 Å². The highest BCUT2D eigenvalue weighted by Gasteiger charge is 2.35. The molecule has 0 radical (unpaired) electrons. The third-order valence-electron chi connectivity index (χ3n) is 5.78. The van der Waals surface area contributed by atoms with Gasteiger partial charge in [-0.05, 0) is 43.2 Å². The summed E-state index contributed by atoms with van der Waals surface area (Å²) in [5, 5.41) is 3.39. The lowest BCUT2D eigenvalue weighted by atomic mass is 9.97. The summed E-state index contributed by atoms with van der Waals surface area (Å²) >= 11 is 6.02. The number of carbonyl (C=O) groups excluding carboxylic acids is 3. The van der Waals surface area contributed by atoms with Gasteiger partial charge in [0.05, 0.1) is 23.7 Å². The zero-order valence-corrected chi connectivity index (χ0v) is 17.7. The van der Waals surface area contributed by atoms with Gasteiger partial charge in [0, 0.05) is 36.8 Å². The molecule has 2 saturated heterocycles. The molecule has 2 atom stereocenters. The highest BCUT2D eigenvalue weighted by molar-refractivity contribution is 6.31. The topological polar surface area (TPSA) is 109 Å². The van der Waals surface area contributed by atoms with Gasteiger partial charge in [-0.3, -0.25) is 14.4 Å². The number of nitrogens with one attached hydrogen (secondary N) is 1. The van der Waals surface area contributed by atoms with Crippen LogP contribution >= 0.6 is 11.6 Å². The van der Waals surface area contributed by atoms with Gasteiger partial charge in [0.15, 0.2) is 0 Å². The SMILES string of the molecule is NC(=O)C1CCCN(c2ccc(NC(=O)C3CC(=O)N(c4cccc(Cl)c4)C3)cn2)C1. The summed E-state index contributed by atoms with van der Waals surface area (Å²) in [6.07, 6.45) is 3.41. The van der Waals surface area contributed by atoms with Gasteiger partial charge >= 0.3 is 0 Å². The molecule has 162 valence electrons. The van der Waals surface area contributed by atoms with Crippen LogP contribution in [0.2, 0.25) is 5.02 Å². The number of hydrogen-bond donors (Lipinski definition) is 2. The molecule has 2 fully saturated rings. The number of piperidine rings is 1. The van der Waals surface area contributed by atoms with Crippen LogP contribution in [0.1, 0.15) is 19.3 Å². The molecule has 1 aromatic carbocycles. The summed E-state index contributed by atoms with van der Waals surface area (Å²) in [6, 6.07) is 10.6. The van der Waals surface area contributed by atoms with E-state index in [1.54, 1.807) is 41.4 Å². The van der Waals surface area contributed by atoms with Crippen LogP contribution < -0.4 is 20.9 Å². The third kappa shape index (κ3) is 4.80. The maximum atomic E-state index is 12.7. The van der Waals surface area contributed by atoms with Crippen molar-refractivity contribution in [2.45, 2.75) is 19.3 Å². The van der Waals surface area contributed by atoms with Crippen molar-refractivity contribution in [3.05, 3.63) is 47.6 Å². The molecule has 2 aromatic rings. The number of carbonyl (C=O) groups is 3. The number of hydrogen-bond acceptors (Lipinski definition) is 5. The van der Waals surface area contributed by atoms with Gasteiger partial charge in [-0.25, -0.2) is 4.98 Å². The van der Waals surface area contributed by atoms with Crippen LogP contribution in [0.3, 0.4) is 0 Å². The summed E-state index contributed by atoms with van der Waals surface area (Å²) < 4.78 is 0. The molecule has 9 heteroatoms. The monoisotopic (exact) mass is 441 g/mol. The summed E-state index contributed by atoms with van der Waals surface area (Å²) in [6.45, 7) is 1.67. The predicted molar refractivity (Wildman–Crippen MR) is 119 cm³/mol. The number of halogens is 1. The Morgan fingerprint density at radius 1 is 1.16 bits per heavy atom. The summed E-state index contributed by atoms with van der Waals surface area (Å²) in [7, 11) is 0. The van der Waals surface area contributed by atoms with Crippen LogP contribution in [0.15, 0.2) is 42.6 Å². The van der Waals surface area contributed by atoms with Gasteiger partial charge in [0.1, 0.15) is 5.82 Å². The smallest absolute Gasteiger partial charge is 0.229 e. The molecule has 31 heavy (non-hydrogen) atoms. The van der Waals surface area contributed by atoms with Gasteiger partial charge in [0.25, 0.3) is 0 Å². The zero-order chi connectivity index (χ0) is 22.0. The highest BCUT2D eigenvalue weighted by atomic mass is 35.5. The summed E-state index contributed by atoms with van der Waals surface area (Å²) in [4.78, 5) is 44.6. The summed E-state index contributed by atoms with van der Waals surface area (Å²) in [5.74, 6) is -0.496. The number of primary amides is 1. The average Bonchev–Trinajstić information content (AvgIpc) is 3.16. The van der Waals surface area contributed by atoms with Gasteiger partial charge in [-0.2, -0.15) is 0 Å². The second-order valence-electron chi connectivity index (χ2n) is 7.97. The first-order valence-corrected chi connectivity index (χ1v) is 10.7. The van der Waals surface area contributed by atoms with Crippen LogP contribution in [0.5, 0.6) is 0 Å². The molecule has 3 N–H and O–H groups in total. The van der Waals surface area contributed by atoms with E-state index in [0.29, 0.717) is 29.5 Å². The minimum atomic E-state index is -0.454. The largest absolute Gasteiger partial charge is 0.369 e. The number of rotatable bonds is 5. The molecule has 2 unspecified atom stereocenters. The van der Waals surface area contributed by atoms with Crippen LogP contribution in [-0.2, 0) is 14.4 Å². The van der Waals surface area contributed by atoms with E-state index in [1.165, 1.54) is 0 Å². The normalized spacial score (nSPS) is 21.3. The van der Waals surface area contributed by atoms with E-state index in [4.69, 9.17) is 17.3 Å². The number of benzene rings is 1. The van der Waals surface area contributed by atoms with Crippen LogP contribution in [0, 0.1) is 11.8 Å². The van der Waals surface area contributed by atoms with E-state index in [0.717, 1.165) is 25.2 Å². The lowest BCUT2D eigenvalue weighted by Gasteiger charge is -2.32. The van der Waals surface area contributed by atoms with Gasteiger partial charge < -0.3 is 20.9 Å². The van der Waals surface area contributed by atoms with E-state index >= 15 is 0 Å². The molecule has 0 spiro atoms. The third-order valence-corrected chi connectivity index (χ3v) is 6.01. The molecule has 0 aliphatic carbocycles. The lowest BCUT2D eigenvalue weighted by Crippen LogP contribution is -2.41. The molecule has 3 heterocycles. The highest BCUT2D eigenvalue weighted by Crippen LogP contribution is 2.28. The number of amides is 3. The van der Waals surface area contributed by atoms with Crippen LogP contribution in [-0.4, -0.2) is 42.3 Å². The number of anilines is 3. The van der Waals surface area contributed by atoms with E-state index in [1.807, 2.05) is 11.0 Å². The Morgan fingerprint density at radius 3 is 2.71 bits per heavy atom. The Balaban J connectivity index is 1.37. The Kier molecular flexibility index (Phi) is 6.08. The molecule has 1 aromatic heterocycles. The number of nitrogens with two attached hydrogens (primary N) is 1. The van der Waals surface area contributed by atoms with Crippen molar-refractivity contribution in [1.29, 1.82) is 0 Å². The van der Waals surface area contributed by atoms with Gasteiger partial charge in [-0.1, -0.05) is 17.7 Å². The van der Waals surface area contributed by atoms with Gasteiger partial charge in [0.2, 0.25) is 17.7 Å². The van der Waals surface area contributed by atoms with E-state index in [-0.39, 0.29) is 30.1 Å². The Hall–Kier alpha value is -3.13. The predicted octanol–water partition coefficient (Wildman–Crippen LogP) is 2.43. The van der Waals surface area contributed by atoms with Gasteiger partial charge in [-0.15, -0.1) is 0 Å². The second kappa shape index (κ2) is 8.93. The Bertz CT molecular complexity index is 997. The number of pyridine rings is 1. The van der Waals surface area contributed by atoms with Crippen molar-refractivity contribution in [2.75, 3.05) is 34.8 Å². The van der Waals surface area contributed by atoms with Crippen molar-refractivity contribution in [2.24, 2.45) is 17.6 Å². The second-order valence-corrected chi connectivity index (χ2v) is 8.40. The molecule has 3 amide bonds. The fourth-order valence-electron chi connectivity index (χ4n) is 4.09. The van der Waals surface area contributed by atoms with Crippen molar-refractivity contribution in [1.82, 2.24) is 4.98 Å². The fourth-order valence-corrected chi connectivity index (χ4v) is 4.27. The quantitative estimate of drug-likeness (QED) is 0.740. The Morgan fingerprint density at radius 2 is 2.00 bits per heavy atom. The molecule has 2 aliphatic rings. The molecule has 0 bridgehead atoms. The molecule has 8 nitrogen and oxygen atoms in total. The first-order valence-electron chi connectivity index (χ1n) is 10.3. The molecule has 0 saturated carbocycles. The van der Waals surface area contributed by atoms with Crippen molar-refractivity contribution in [3.63, 3.8) is 0 Å². The van der Waals surface area contributed by atoms with Crippen molar-refractivity contribution < 1.29 is 14.4 Å². The van der Waals surface area contributed by atoms with Crippen LogP contribution in [0.25, 0.3) is 0 Å². The number of aromatic nitrogens is 1. The lowest BCUT2D eigenvalue weighted by molar-refractivity contribution is -0.122. The van der Waals surface area contributed by atoms with Crippen molar-refractivity contribution >= 4 is 46.5 Å². The standard InChI is InChI=1S/C22H24ClN5O3/c23-16-4-1-5-18(10-16)28-13-15(9-20(28)29)22(31)26-17-6-7-19(25-11-17)27-8-2-3-14(12-27)21(24)30/h1,4-7,10-11,14-15H,2-3,8-9,12-13H2,(H2,24,30)(H,26,31). The minimum Gasteiger partial charge on any atom is -0.369 e. The van der Waals surface area contributed by atoms with Crippen molar-refractivity contribution in [3.8, 4) is 0 Å². The maximum Gasteiger partial charge on any atom is 0.229 e. The first-order chi connectivity index (χ1) is 14.9. The summed E-state index contributed by atoms with van der Waals surface area (Å²) in [5.41, 5.74) is 6.69. The minimum absolute atomic E-state index is 0.106. The van der Waals surface area contributed by atoms with E-state index in [9.17, 15) is 14.4 Å². The average molecular weight is 442 g/mol.